The first-order valence-corrected chi connectivity index (χ1v) is 10.7. The topological polar surface area (TPSA) is 36.7 Å². The van der Waals surface area contributed by atoms with Crippen LogP contribution in [0.4, 0.5) is 0 Å². The van der Waals surface area contributed by atoms with Gasteiger partial charge in [0.25, 0.3) is 0 Å². The maximum Gasteiger partial charge on any atom is 0.0343 e. The van der Waals surface area contributed by atoms with Crippen LogP contribution >= 0.6 is 0 Å². The number of rotatable bonds is 1. The number of aromatic nitrogens is 1. The third-order valence-electron chi connectivity index (χ3n) is 9.08. The van der Waals surface area contributed by atoms with Gasteiger partial charge < -0.3 is 5.41 Å². The van der Waals surface area contributed by atoms with E-state index in [0.717, 1.165) is 42.2 Å². The Balaban J connectivity index is 1.45. The van der Waals surface area contributed by atoms with Crippen molar-refractivity contribution < 1.29 is 0 Å². The number of pyridine rings is 1. The Hall–Kier alpha value is -1.44. The second-order valence-corrected chi connectivity index (χ2v) is 10.0. The SMILES string of the molecule is CC12CCC3C(CCC4CC(=N)CCC43C)C1CC=C2c1cccnc1. The van der Waals surface area contributed by atoms with Crippen LogP contribution in [0.1, 0.15) is 70.8 Å². The van der Waals surface area contributed by atoms with Crippen LogP contribution in [-0.4, -0.2) is 10.7 Å². The Morgan fingerprint density at radius 1 is 1.12 bits per heavy atom. The summed E-state index contributed by atoms with van der Waals surface area (Å²) in [6, 6.07) is 4.34. The molecular weight excluding hydrogens is 316 g/mol. The first-order chi connectivity index (χ1) is 12.5. The van der Waals surface area contributed by atoms with Crippen molar-refractivity contribution in [1.29, 1.82) is 5.41 Å². The minimum atomic E-state index is 0.342. The highest BCUT2D eigenvalue weighted by Gasteiger charge is 2.58. The molecule has 0 saturated heterocycles. The summed E-state index contributed by atoms with van der Waals surface area (Å²) >= 11 is 0. The lowest BCUT2D eigenvalue weighted by molar-refractivity contribution is -0.0835. The molecule has 1 heterocycles. The number of hydrogen-bond acceptors (Lipinski definition) is 2. The summed E-state index contributed by atoms with van der Waals surface area (Å²) in [5, 5.41) is 8.19. The van der Waals surface area contributed by atoms with E-state index in [9.17, 15) is 0 Å². The lowest BCUT2D eigenvalue weighted by Gasteiger charge is -2.60. The fourth-order valence-corrected chi connectivity index (χ4v) is 7.62. The summed E-state index contributed by atoms with van der Waals surface area (Å²) in [4.78, 5) is 4.39. The summed E-state index contributed by atoms with van der Waals surface area (Å²) in [5.74, 6) is 3.36. The smallest absolute Gasteiger partial charge is 0.0343 e. The summed E-state index contributed by atoms with van der Waals surface area (Å²) in [6.45, 7) is 5.14. The lowest BCUT2D eigenvalue weighted by Crippen LogP contribution is -2.53. The van der Waals surface area contributed by atoms with Crippen molar-refractivity contribution in [3.63, 3.8) is 0 Å². The van der Waals surface area contributed by atoms with Gasteiger partial charge in [0.15, 0.2) is 0 Å². The van der Waals surface area contributed by atoms with Crippen LogP contribution in [-0.2, 0) is 0 Å². The maximum atomic E-state index is 8.19. The third kappa shape index (κ3) is 2.23. The van der Waals surface area contributed by atoms with Gasteiger partial charge in [-0.1, -0.05) is 26.0 Å². The fourth-order valence-electron chi connectivity index (χ4n) is 7.62. The molecule has 6 unspecified atom stereocenters. The zero-order valence-electron chi connectivity index (χ0n) is 16.3. The van der Waals surface area contributed by atoms with E-state index in [-0.39, 0.29) is 0 Å². The van der Waals surface area contributed by atoms with Gasteiger partial charge in [0.1, 0.15) is 0 Å². The average Bonchev–Trinajstić information content (AvgIpc) is 3.00. The van der Waals surface area contributed by atoms with E-state index in [1.807, 2.05) is 6.20 Å². The molecule has 2 nitrogen and oxygen atoms in total. The first-order valence-electron chi connectivity index (χ1n) is 10.7. The van der Waals surface area contributed by atoms with Crippen LogP contribution in [0.5, 0.6) is 0 Å². The van der Waals surface area contributed by atoms with Gasteiger partial charge in [0.2, 0.25) is 0 Å². The van der Waals surface area contributed by atoms with Crippen molar-refractivity contribution in [3.05, 3.63) is 36.2 Å². The van der Waals surface area contributed by atoms with Crippen LogP contribution in [0.25, 0.3) is 5.57 Å². The summed E-state index contributed by atoms with van der Waals surface area (Å²) < 4.78 is 0. The molecule has 0 aromatic carbocycles. The highest BCUT2D eigenvalue weighted by molar-refractivity contribution is 5.82. The molecule has 1 aromatic heterocycles. The molecule has 3 saturated carbocycles. The predicted molar refractivity (Wildman–Crippen MR) is 107 cm³/mol. The van der Waals surface area contributed by atoms with Crippen molar-refractivity contribution in [2.24, 2.45) is 34.5 Å². The van der Waals surface area contributed by atoms with E-state index in [1.165, 1.54) is 44.1 Å². The van der Waals surface area contributed by atoms with Crippen molar-refractivity contribution in [3.8, 4) is 0 Å². The Kier molecular flexibility index (Phi) is 3.71. The first kappa shape index (κ1) is 16.7. The van der Waals surface area contributed by atoms with Gasteiger partial charge in [-0.2, -0.15) is 0 Å². The molecule has 0 bridgehead atoms. The molecule has 3 fully saturated rings. The van der Waals surface area contributed by atoms with E-state index >= 15 is 0 Å². The number of nitrogens with zero attached hydrogens (tertiary/aromatic N) is 1. The third-order valence-corrected chi connectivity index (χ3v) is 9.08. The minimum Gasteiger partial charge on any atom is -0.310 e. The molecule has 5 rings (SSSR count). The Labute approximate surface area is 158 Å². The van der Waals surface area contributed by atoms with Gasteiger partial charge in [0, 0.05) is 18.1 Å². The number of fused-ring (bicyclic) bond motifs is 5. The molecular formula is C24H32N2. The van der Waals surface area contributed by atoms with Crippen LogP contribution in [0.15, 0.2) is 30.6 Å². The van der Waals surface area contributed by atoms with Crippen molar-refractivity contribution >= 4 is 11.3 Å². The predicted octanol–water partition coefficient (Wildman–Crippen LogP) is 6.14. The van der Waals surface area contributed by atoms with Gasteiger partial charge in [-0.3, -0.25) is 4.98 Å². The molecule has 1 aromatic rings. The van der Waals surface area contributed by atoms with Crippen LogP contribution in [0.3, 0.4) is 0 Å². The minimum absolute atomic E-state index is 0.342. The number of hydrogen-bond donors (Lipinski definition) is 1. The normalized spacial score (nSPS) is 44.7. The highest BCUT2D eigenvalue weighted by Crippen LogP contribution is 2.67. The molecule has 2 heteroatoms. The van der Waals surface area contributed by atoms with Crippen LogP contribution in [0.2, 0.25) is 0 Å². The molecule has 0 spiro atoms. The molecule has 0 radical (unpaired) electrons. The molecule has 138 valence electrons. The van der Waals surface area contributed by atoms with Gasteiger partial charge in [-0.25, -0.2) is 0 Å². The van der Waals surface area contributed by atoms with Crippen molar-refractivity contribution in [1.82, 2.24) is 4.98 Å². The van der Waals surface area contributed by atoms with E-state index in [4.69, 9.17) is 5.41 Å². The lowest BCUT2D eigenvalue weighted by atomic mass is 9.44. The van der Waals surface area contributed by atoms with Crippen LogP contribution < -0.4 is 0 Å². The molecule has 6 atom stereocenters. The average molecular weight is 349 g/mol. The summed E-state index contributed by atoms with van der Waals surface area (Å²) in [5.41, 5.74) is 4.78. The molecule has 0 amide bonds. The highest BCUT2D eigenvalue weighted by atomic mass is 14.7. The van der Waals surface area contributed by atoms with Crippen LogP contribution in [0, 0.1) is 39.9 Å². The molecule has 4 aliphatic rings. The van der Waals surface area contributed by atoms with Gasteiger partial charge in [-0.15, -0.1) is 0 Å². The Morgan fingerprint density at radius 3 is 2.81 bits per heavy atom. The van der Waals surface area contributed by atoms with Gasteiger partial charge in [0.05, 0.1) is 0 Å². The summed E-state index contributed by atoms with van der Waals surface area (Å²) in [7, 11) is 0. The van der Waals surface area contributed by atoms with Crippen molar-refractivity contribution in [2.75, 3.05) is 0 Å². The van der Waals surface area contributed by atoms with E-state index in [1.54, 1.807) is 5.57 Å². The standard InChI is InChI=1S/C24H32N2/c1-23-11-9-18(25)14-17(23)5-6-19-21-8-7-20(16-4-3-13-26-15-16)24(21,2)12-10-22(19)23/h3-4,7,13,15,17,19,21-22,25H,5-6,8-12,14H2,1-2H3. The van der Waals surface area contributed by atoms with Crippen molar-refractivity contribution in [2.45, 2.75) is 65.2 Å². The largest absolute Gasteiger partial charge is 0.310 e. The summed E-state index contributed by atoms with van der Waals surface area (Å²) in [6.07, 6.45) is 16.6. The molecule has 4 aliphatic carbocycles. The molecule has 0 aliphatic heterocycles. The number of allylic oxidation sites excluding steroid dienone is 2. The zero-order chi connectivity index (χ0) is 17.9. The second kappa shape index (κ2) is 5.78. The van der Waals surface area contributed by atoms with E-state index < -0.39 is 0 Å². The zero-order valence-corrected chi connectivity index (χ0v) is 16.3. The second-order valence-electron chi connectivity index (χ2n) is 10.0. The molecule has 1 N–H and O–H groups in total. The van der Waals surface area contributed by atoms with Gasteiger partial charge in [-0.05, 0) is 103 Å². The quantitative estimate of drug-likeness (QED) is 0.650. The van der Waals surface area contributed by atoms with E-state index in [0.29, 0.717) is 10.8 Å². The Bertz CT molecular complexity index is 751. The number of nitrogens with one attached hydrogen (secondary N) is 1. The van der Waals surface area contributed by atoms with Gasteiger partial charge >= 0.3 is 0 Å². The molecule has 26 heavy (non-hydrogen) atoms. The fraction of sp³-hybridized carbons (Fsp3) is 0.667. The monoisotopic (exact) mass is 348 g/mol. The maximum absolute atomic E-state index is 8.19. The Morgan fingerprint density at radius 2 is 2.00 bits per heavy atom. The van der Waals surface area contributed by atoms with E-state index in [2.05, 4.69) is 43.2 Å².